The number of anilines is 1. The lowest BCUT2D eigenvalue weighted by atomic mass is 9.90. The van der Waals surface area contributed by atoms with Gasteiger partial charge in [0.1, 0.15) is 12.4 Å². The lowest BCUT2D eigenvalue weighted by Crippen LogP contribution is -2.13. The van der Waals surface area contributed by atoms with E-state index in [1.54, 1.807) is 0 Å². The van der Waals surface area contributed by atoms with Crippen LogP contribution in [0.25, 0.3) is 11.6 Å². The standard InChI is InChI=1S/C32H30ClNO/c1-2-24-10-7-13-30-27(22-35-29-18-16-28(33)17-19-29)20-26-12-6-11-25(32(26)34-21-31(24)30)15-14-23-8-4-3-5-9-23/h3-13,16-20,34H,2,14-15,21-22H2,1H3/b27-20-. The smallest absolute Gasteiger partial charge is 0.119 e. The van der Waals surface area contributed by atoms with Gasteiger partial charge in [0.25, 0.3) is 0 Å². The minimum Gasteiger partial charge on any atom is -0.489 e. The Balaban J connectivity index is 1.51. The van der Waals surface area contributed by atoms with Crippen molar-refractivity contribution in [2.24, 2.45) is 0 Å². The monoisotopic (exact) mass is 479 g/mol. The van der Waals surface area contributed by atoms with E-state index in [9.17, 15) is 0 Å². The summed E-state index contributed by atoms with van der Waals surface area (Å²) in [5, 5.41) is 4.51. The molecule has 1 aliphatic rings. The van der Waals surface area contributed by atoms with E-state index in [1.165, 1.54) is 44.6 Å². The molecule has 0 saturated carbocycles. The molecule has 0 radical (unpaired) electrons. The number of fused-ring (bicyclic) bond motifs is 2. The summed E-state index contributed by atoms with van der Waals surface area (Å²) in [5.41, 5.74) is 10.3. The van der Waals surface area contributed by atoms with Crippen LogP contribution < -0.4 is 10.1 Å². The maximum atomic E-state index is 6.23. The maximum absolute atomic E-state index is 6.23. The Bertz CT molecular complexity index is 1330. The van der Waals surface area contributed by atoms with Crippen LogP contribution in [0.15, 0.2) is 91.0 Å². The molecule has 35 heavy (non-hydrogen) atoms. The van der Waals surface area contributed by atoms with E-state index >= 15 is 0 Å². The Labute approximate surface area is 213 Å². The average Bonchev–Trinajstić information content (AvgIpc) is 2.89. The van der Waals surface area contributed by atoms with Crippen LogP contribution in [0.2, 0.25) is 5.02 Å². The van der Waals surface area contributed by atoms with Crippen molar-refractivity contribution in [1.82, 2.24) is 0 Å². The topological polar surface area (TPSA) is 21.3 Å². The highest BCUT2D eigenvalue weighted by molar-refractivity contribution is 6.30. The Hall–Kier alpha value is -3.49. The Kier molecular flexibility index (Phi) is 7.20. The van der Waals surface area contributed by atoms with E-state index in [0.29, 0.717) is 11.6 Å². The van der Waals surface area contributed by atoms with Gasteiger partial charge in [-0.25, -0.2) is 0 Å². The fourth-order valence-electron chi connectivity index (χ4n) is 4.82. The first-order chi connectivity index (χ1) is 17.2. The fourth-order valence-corrected chi connectivity index (χ4v) is 4.94. The molecule has 5 rings (SSSR count). The summed E-state index contributed by atoms with van der Waals surface area (Å²) in [6.45, 7) is 3.52. The highest BCUT2D eigenvalue weighted by Gasteiger charge is 2.18. The van der Waals surface area contributed by atoms with Gasteiger partial charge in [-0.05, 0) is 88.6 Å². The summed E-state index contributed by atoms with van der Waals surface area (Å²) >= 11 is 6.06. The molecule has 0 amide bonds. The van der Waals surface area contributed by atoms with Crippen molar-refractivity contribution in [3.63, 3.8) is 0 Å². The molecule has 0 fully saturated rings. The molecule has 0 spiro atoms. The quantitative estimate of drug-likeness (QED) is 0.288. The van der Waals surface area contributed by atoms with Gasteiger partial charge < -0.3 is 10.1 Å². The number of ether oxygens (including phenoxy) is 1. The third kappa shape index (κ3) is 5.44. The summed E-state index contributed by atoms with van der Waals surface area (Å²) in [4.78, 5) is 0. The molecular weight excluding hydrogens is 450 g/mol. The predicted octanol–water partition coefficient (Wildman–Crippen LogP) is 8.23. The molecule has 1 aliphatic heterocycles. The minimum absolute atomic E-state index is 0.496. The van der Waals surface area contributed by atoms with Gasteiger partial charge in [-0.2, -0.15) is 0 Å². The summed E-state index contributed by atoms with van der Waals surface area (Å²) in [6, 6.07) is 31.5. The van der Waals surface area contributed by atoms with Crippen LogP contribution in [0.5, 0.6) is 5.75 Å². The normalized spacial score (nSPS) is 13.9. The molecule has 0 aromatic heterocycles. The Morgan fingerprint density at radius 1 is 0.800 bits per heavy atom. The van der Waals surface area contributed by atoms with Gasteiger partial charge in [0.05, 0.1) is 0 Å². The summed E-state index contributed by atoms with van der Waals surface area (Å²) in [5.74, 6) is 0.820. The zero-order valence-corrected chi connectivity index (χ0v) is 20.8. The summed E-state index contributed by atoms with van der Waals surface area (Å²) < 4.78 is 6.23. The van der Waals surface area contributed by atoms with Gasteiger partial charge in [0.15, 0.2) is 0 Å². The van der Waals surface area contributed by atoms with Crippen LogP contribution >= 0.6 is 11.6 Å². The molecule has 0 saturated heterocycles. The van der Waals surface area contributed by atoms with Crippen LogP contribution in [0.3, 0.4) is 0 Å². The molecule has 0 unspecified atom stereocenters. The maximum Gasteiger partial charge on any atom is 0.119 e. The molecule has 1 N–H and O–H groups in total. The summed E-state index contributed by atoms with van der Waals surface area (Å²) in [6.07, 6.45) is 5.30. The van der Waals surface area contributed by atoms with E-state index in [0.717, 1.165) is 31.6 Å². The van der Waals surface area contributed by atoms with Gasteiger partial charge in [-0.15, -0.1) is 0 Å². The lowest BCUT2D eigenvalue weighted by molar-refractivity contribution is 0.370. The number of hydrogen-bond donors (Lipinski definition) is 1. The zero-order valence-electron chi connectivity index (χ0n) is 20.1. The Morgan fingerprint density at radius 3 is 2.37 bits per heavy atom. The van der Waals surface area contributed by atoms with Gasteiger partial charge in [0.2, 0.25) is 0 Å². The number of para-hydroxylation sites is 1. The van der Waals surface area contributed by atoms with Crippen LogP contribution in [0.1, 0.15) is 40.3 Å². The van der Waals surface area contributed by atoms with Crippen LogP contribution in [0.4, 0.5) is 5.69 Å². The van der Waals surface area contributed by atoms with Gasteiger partial charge in [-0.3, -0.25) is 0 Å². The summed E-state index contributed by atoms with van der Waals surface area (Å²) in [7, 11) is 0. The van der Waals surface area contributed by atoms with Crippen LogP contribution in [-0.4, -0.2) is 6.61 Å². The van der Waals surface area contributed by atoms with Crippen molar-refractivity contribution in [3.05, 3.63) is 129 Å². The molecule has 2 nitrogen and oxygen atoms in total. The highest BCUT2D eigenvalue weighted by Crippen LogP contribution is 2.34. The number of halogens is 1. The van der Waals surface area contributed by atoms with Gasteiger partial charge in [-0.1, -0.05) is 85.3 Å². The number of rotatable bonds is 7. The first-order valence-electron chi connectivity index (χ1n) is 12.3. The molecule has 0 aliphatic carbocycles. The second-order valence-corrected chi connectivity index (χ2v) is 9.37. The van der Waals surface area contributed by atoms with Crippen LogP contribution in [0, 0.1) is 0 Å². The molecule has 3 heteroatoms. The van der Waals surface area contributed by atoms with Gasteiger partial charge >= 0.3 is 0 Å². The first kappa shape index (κ1) is 23.3. The third-order valence-electron chi connectivity index (χ3n) is 6.69. The number of benzene rings is 4. The van der Waals surface area contributed by atoms with E-state index in [4.69, 9.17) is 16.3 Å². The molecule has 0 atom stereocenters. The molecule has 176 valence electrons. The predicted molar refractivity (Wildman–Crippen MR) is 148 cm³/mol. The van der Waals surface area contributed by atoms with Crippen molar-refractivity contribution in [2.45, 2.75) is 32.7 Å². The van der Waals surface area contributed by atoms with Crippen molar-refractivity contribution in [3.8, 4) is 5.75 Å². The molecular formula is C32H30ClNO. The van der Waals surface area contributed by atoms with E-state index in [-0.39, 0.29) is 0 Å². The third-order valence-corrected chi connectivity index (χ3v) is 6.94. The fraction of sp³-hybridized carbons (Fsp3) is 0.188. The van der Waals surface area contributed by atoms with Crippen molar-refractivity contribution in [1.29, 1.82) is 0 Å². The zero-order chi connectivity index (χ0) is 24.0. The molecule has 4 aromatic rings. The largest absolute Gasteiger partial charge is 0.489 e. The molecule has 1 heterocycles. The first-order valence-corrected chi connectivity index (χ1v) is 12.7. The minimum atomic E-state index is 0.496. The van der Waals surface area contributed by atoms with E-state index in [1.807, 2.05) is 24.3 Å². The number of hydrogen-bond acceptors (Lipinski definition) is 2. The molecule has 4 aromatic carbocycles. The Morgan fingerprint density at radius 2 is 1.57 bits per heavy atom. The average molecular weight is 480 g/mol. The number of nitrogens with one attached hydrogen (secondary N) is 1. The number of aryl methyl sites for hydroxylation is 3. The molecule has 0 bridgehead atoms. The van der Waals surface area contributed by atoms with E-state index < -0.39 is 0 Å². The highest BCUT2D eigenvalue weighted by atomic mass is 35.5. The van der Waals surface area contributed by atoms with E-state index in [2.05, 4.69) is 85.0 Å². The van der Waals surface area contributed by atoms with Crippen LogP contribution in [-0.2, 0) is 25.8 Å². The van der Waals surface area contributed by atoms with Crippen molar-refractivity contribution in [2.75, 3.05) is 11.9 Å². The van der Waals surface area contributed by atoms with Crippen molar-refractivity contribution >= 4 is 28.9 Å². The van der Waals surface area contributed by atoms with Crippen molar-refractivity contribution < 1.29 is 4.74 Å². The SMILES string of the molecule is CCc1cccc2c1CNc1c(cccc1CCc1ccccc1)/C=C\2COc1ccc(Cl)cc1. The lowest BCUT2D eigenvalue weighted by Gasteiger charge is -2.24. The second kappa shape index (κ2) is 10.8. The van der Waals surface area contributed by atoms with Gasteiger partial charge in [0, 0.05) is 17.3 Å². The second-order valence-electron chi connectivity index (χ2n) is 8.93.